The van der Waals surface area contributed by atoms with Crippen molar-refractivity contribution in [3.05, 3.63) is 70.1 Å². The van der Waals surface area contributed by atoms with E-state index in [1.54, 1.807) is 0 Å². The van der Waals surface area contributed by atoms with Gasteiger partial charge in [-0.25, -0.2) is 0 Å². The molecule has 6 rings (SSSR count). The molecule has 0 N–H and O–H groups in total. The van der Waals surface area contributed by atoms with Crippen LogP contribution < -0.4 is 0 Å². The summed E-state index contributed by atoms with van der Waals surface area (Å²) in [5.41, 5.74) is -4.02. The molecule has 0 heterocycles. The highest BCUT2D eigenvalue weighted by molar-refractivity contribution is 5.36. The van der Waals surface area contributed by atoms with Crippen molar-refractivity contribution in [3.8, 4) is 0 Å². The second kappa shape index (κ2) is 5.21. The molecule has 0 aromatic heterocycles. The summed E-state index contributed by atoms with van der Waals surface area (Å²) in [6, 6.07) is -7.05. The minimum absolute atomic E-state index is 0.296. The lowest BCUT2D eigenvalue weighted by Crippen LogP contribution is -2.03. The largest absolute Gasteiger partial charge is 0.0629 e. The van der Waals surface area contributed by atoms with E-state index in [0.717, 1.165) is 0 Å². The Labute approximate surface area is 137 Å². The Bertz CT molecular complexity index is 1180. The lowest BCUT2D eigenvalue weighted by Gasteiger charge is -2.16. The van der Waals surface area contributed by atoms with Crippen molar-refractivity contribution in [1.29, 1.82) is 0 Å². The van der Waals surface area contributed by atoms with Gasteiger partial charge in [-0.1, -0.05) is 56.1 Å². The SMILES string of the molecule is [2H]c1c([2H])c2c([2H])c([2H])c1C([2H])([2H])C([2H])([2H])c1c([2H])c([2H])c(c(C(C)C)c1[2H])C([2H])([2H])C2([2H])[2H]. The lowest BCUT2D eigenvalue weighted by atomic mass is 9.89. The molecule has 2 aromatic carbocycles. The van der Waals surface area contributed by atoms with Crippen molar-refractivity contribution in [1.82, 2.24) is 0 Å². The molecule has 0 saturated heterocycles. The van der Waals surface area contributed by atoms with Crippen LogP contribution in [0, 0.1) is 0 Å². The van der Waals surface area contributed by atoms with Crippen LogP contribution in [0.25, 0.3) is 0 Å². The molecule has 2 aromatic rings. The van der Waals surface area contributed by atoms with Gasteiger partial charge in [-0.15, -0.1) is 0 Å². The van der Waals surface area contributed by atoms with Gasteiger partial charge in [0.05, 0.1) is 9.60 Å². The van der Waals surface area contributed by atoms with Crippen molar-refractivity contribution < 1.29 is 20.6 Å². The zero-order chi connectivity index (χ0) is 26.5. The third-order valence-electron chi connectivity index (χ3n) is 2.67. The van der Waals surface area contributed by atoms with Gasteiger partial charge in [-0.2, -0.15) is 0 Å². The van der Waals surface area contributed by atoms with Crippen LogP contribution in [0.5, 0.6) is 0 Å². The third kappa shape index (κ3) is 2.73. The number of benzene rings is 2. The Hall–Kier alpha value is -1.56. The molecule has 0 heteroatoms. The van der Waals surface area contributed by atoms with Gasteiger partial charge >= 0.3 is 0 Å². The molecule has 4 aliphatic rings. The van der Waals surface area contributed by atoms with Gasteiger partial charge in [-0.05, 0) is 59.2 Å². The first-order chi connectivity index (χ1) is 15.2. The molecule has 0 atom stereocenters. The molecular formula is C19H22. The first kappa shape index (κ1) is 3.97. The molecular weight excluding hydrogens is 228 g/mol. The number of rotatable bonds is 1. The summed E-state index contributed by atoms with van der Waals surface area (Å²) in [6.45, 7) is 2.99. The smallest absolute Gasteiger partial charge is 0.0588 e. The molecule has 19 heavy (non-hydrogen) atoms. The van der Waals surface area contributed by atoms with Crippen molar-refractivity contribution in [3.63, 3.8) is 0 Å². The molecule has 4 aliphatic carbocycles. The van der Waals surface area contributed by atoms with Crippen molar-refractivity contribution in [2.75, 3.05) is 0 Å². The standard InChI is InChI=1S/C19H22/c1-14(2)19-13-17-8-7-15-3-5-16(6-4-15)9-11-18(19)12-10-17/h3-6,10,12-14H,7-9,11H2,1-2H3/i3D,4D,5D,6D,7D2,8D2,9D2,10D,11D2,12D,13D. The van der Waals surface area contributed by atoms with E-state index in [9.17, 15) is 0 Å². The summed E-state index contributed by atoms with van der Waals surface area (Å²) in [5.74, 6) is -0.772. The minimum atomic E-state index is -3.34. The highest BCUT2D eigenvalue weighted by Gasteiger charge is 2.09. The summed E-state index contributed by atoms with van der Waals surface area (Å²) in [7, 11) is 0. The zero-order valence-corrected chi connectivity index (χ0v) is 10.6. The monoisotopic (exact) mass is 265 g/mol. The Balaban J connectivity index is 2.80. The predicted molar refractivity (Wildman–Crippen MR) is 81.8 cm³/mol. The Morgan fingerprint density at radius 3 is 2.00 bits per heavy atom. The molecule has 0 fully saturated rings. The van der Waals surface area contributed by atoms with E-state index >= 15 is 0 Å². The molecule has 0 aliphatic heterocycles. The van der Waals surface area contributed by atoms with Gasteiger partial charge in [0.15, 0.2) is 0 Å². The fourth-order valence-corrected chi connectivity index (χ4v) is 1.70. The van der Waals surface area contributed by atoms with Gasteiger partial charge in [0, 0.05) is 11.0 Å². The Morgan fingerprint density at radius 1 is 0.842 bits per heavy atom. The van der Waals surface area contributed by atoms with Crippen LogP contribution in [-0.4, -0.2) is 0 Å². The maximum atomic E-state index is 8.68. The van der Waals surface area contributed by atoms with E-state index < -0.39 is 96.0 Å². The van der Waals surface area contributed by atoms with E-state index in [-0.39, 0.29) is 5.56 Å². The molecule has 0 saturated carbocycles. The van der Waals surface area contributed by atoms with Crippen molar-refractivity contribution in [2.24, 2.45) is 0 Å². The van der Waals surface area contributed by atoms with Gasteiger partial charge in [0.25, 0.3) is 0 Å². The predicted octanol–water partition coefficient (Wildman–Crippen LogP) is 4.69. The minimum Gasteiger partial charge on any atom is -0.0588 e. The highest BCUT2D eigenvalue weighted by Crippen LogP contribution is 2.24. The van der Waals surface area contributed by atoms with Crippen LogP contribution >= 0.6 is 0 Å². The maximum Gasteiger partial charge on any atom is 0.0629 e. The summed E-state index contributed by atoms with van der Waals surface area (Å²) in [4.78, 5) is 0. The van der Waals surface area contributed by atoms with Crippen LogP contribution in [0.2, 0.25) is 0 Å². The van der Waals surface area contributed by atoms with Gasteiger partial charge in [0.2, 0.25) is 0 Å². The average molecular weight is 265 g/mol. The van der Waals surface area contributed by atoms with E-state index in [0.29, 0.717) is 0 Å². The van der Waals surface area contributed by atoms with Crippen molar-refractivity contribution in [2.45, 2.75) is 45.3 Å². The number of hydrogen-bond donors (Lipinski definition) is 0. The summed E-state index contributed by atoms with van der Waals surface area (Å²) < 4.78 is 127. The van der Waals surface area contributed by atoms with Gasteiger partial charge < -0.3 is 0 Å². The van der Waals surface area contributed by atoms with E-state index in [1.807, 2.05) is 0 Å². The topological polar surface area (TPSA) is 0 Å². The highest BCUT2D eigenvalue weighted by atomic mass is 14.1. The average Bonchev–Trinajstić information content (AvgIpc) is 2.67. The van der Waals surface area contributed by atoms with E-state index in [1.165, 1.54) is 13.8 Å². The van der Waals surface area contributed by atoms with E-state index in [4.69, 9.17) is 20.6 Å². The number of hydrogen-bond acceptors (Lipinski definition) is 0. The summed E-state index contributed by atoms with van der Waals surface area (Å²) in [6.07, 6.45) is -13.2. The van der Waals surface area contributed by atoms with E-state index in [2.05, 4.69) is 0 Å². The molecule has 0 spiro atoms. The molecule has 0 unspecified atom stereocenters. The molecule has 0 nitrogen and oxygen atoms in total. The van der Waals surface area contributed by atoms with Crippen LogP contribution in [0.1, 0.15) is 68.1 Å². The molecule has 0 radical (unpaired) electrons. The third-order valence-corrected chi connectivity index (χ3v) is 2.67. The van der Waals surface area contributed by atoms with Crippen molar-refractivity contribution >= 4 is 0 Å². The quantitative estimate of drug-likeness (QED) is 0.701. The zero-order valence-electron chi connectivity index (χ0n) is 25.6. The van der Waals surface area contributed by atoms with Gasteiger partial charge in [0.1, 0.15) is 0 Å². The molecule has 98 valence electrons. The second-order valence-electron chi connectivity index (χ2n) is 4.44. The summed E-state index contributed by atoms with van der Waals surface area (Å²) in [5, 5.41) is 0. The first-order valence-corrected chi connectivity index (χ1v) is 5.94. The summed E-state index contributed by atoms with van der Waals surface area (Å²) >= 11 is 0. The lowest BCUT2D eigenvalue weighted by molar-refractivity contribution is 0.818. The van der Waals surface area contributed by atoms with Gasteiger partial charge in [-0.3, -0.25) is 0 Å². The fourth-order valence-electron chi connectivity index (χ4n) is 1.70. The second-order valence-corrected chi connectivity index (χ2v) is 4.44. The Kier molecular flexibility index (Phi) is 1.09. The first-order valence-electron chi connectivity index (χ1n) is 13.4. The van der Waals surface area contributed by atoms with Crippen LogP contribution in [0.3, 0.4) is 0 Å². The van der Waals surface area contributed by atoms with Crippen LogP contribution in [-0.2, 0) is 25.5 Å². The normalized spacial score (nSPS) is 36.5. The van der Waals surface area contributed by atoms with Crippen LogP contribution in [0.15, 0.2) is 42.3 Å². The fraction of sp³-hybridized carbons (Fsp3) is 0.368. The maximum absolute atomic E-state index is 8.68. The Morgan fingerprint density at radius 2 is 1.37 bits per heavy atom. The van der Waals surface area contributed by atoms with Crippen LogP contribution in [0.4, 0.5) is 0 Å². The molecule has 4 bridgehead atoms. The molecule has 0 amide bonds.